The fraction of sp³-hybridized carbons (Fsp3) is 0.353. The zero-order valence-electron chi connectivity index (χ0n) is 14.3. The van der Waals surface area contributed by atoms with Crippen molar-refractivity contribution < 1.29 is 19.1 Å². The van der Waals surface area contributed by atoms with Crippen molar-refractivity contribution in [1.29, 1.82) is 0 Å². The molecule has 144 valence electrons. The summed E-state index contributed by atoms with van der Waals surface area (Å²) in [4.78, 5) is 37.0. The van der Waals surface area contributed by atoms with Crippen LogP contribution in [0.2, 0.25) is 0 Å². The van der Waals surface area contributed by atoms with Crippen LogP contribution < -0.4 is 21.3 Å². The van der Waals surface area contributed by atoms with Crippen molar-refractivity contribution in [1.82, 2.24) is 10.6 Å². The molecule has 10 heteroatoms. The van der Waals surface area contributed by atoms with Gasteiger partial charge in [0, 0.05) is 12.2 Å². The van der Waals surface area contributed by atoms with Crippen LogP contribution in [0.5, 0.6) is 0 Å². The molecule has 0 saturated carbocycles. The van der Waals surface area contributed by atoms with Crippen LogP contribution in [0.25, 0.3) is 0 Å². The number of hydrogen-bond donors (Lipinski definition) is 3. The van der Waals surface area contributed by atoms with E-state index in [1.807, 2.05) is 0 Å². The number of carbonyl (C=O) groups is 3. The van der Waals surface area contributed by atoms with Gasteiger partial charge in [0.2, 0.25) is 0 Å². The summed E-state index contributed by atoms with van der Waals surface area (Å²) in [5.41, 5.74) is 6.57. The van der Waals surface area contributed by atoms with Gasteiger partial charge in [-0.3, -0.25) is 9.69 Å². The van der Waals surface area contributed by atoms with Crippen LogP contribution in [-0.4, -0.2) is 41.9 Å². The predicted octanol–water partition coefficient (Wildman–Crippen LogP) is 1.88. The molecule has 0 spiro atoms. The number of halogens is 1. The lowest BCUT2D eigenvalue weighted by Crippen LogP contribution is -2.34. The van der Waals surface area contributed by atoms with Crippen molar-refractivity contribution in [3.05, 3.63) is 40.8 Å². The largest absolute Gasteiger partial charge is 0.442 e. The van der Waals surface area contributed by atoms with Crippen molar-refractivity contribution in [3.8, 4) is 0 Å². The quantitative estimate of drug-likeness (QED) is 0.619. The maximum absolute atomic E-state index is 12.1. The number of rotatable bonds is 6. The Morgan fingerprint density at radius 3 is 2.67 bits per heavy atom. The summed E-state index contributed by atoms with van der Waals surface area (Å²) in [7, 11) is 0. The molecule has 2 atom stereocenters. The number of primary amides is 1. The van der Waals surface area contributed by atoms with Gasteiger partial charge in [0.1, 0.15) is 6.10 Å². The first kappa shape index (κ1) is 19.4. The van der Waals surface area contributed by atoms with Gasteiger partial charge in [-0.25, -0.2) is 9.59 Å². The number of ether oxygens (including phenoxy) is 1. The zero-order valence-corrected chi connectivity index (χ0v) is 15.9. The highest BCUT2D eigenvalue weighted by Crippen LogP contribution is 2.34. The highest BCUT2D eigenvalue weighted by molar-refractivity contribution is 8.05. The molecule has 8 nitrogen and oxygen atoms in total. The number of alkyl halides is 1. The maximum Gasteiger partial charge on any atom is 0.414 e. The summed E-state index contributed by atoms with van der Waals surface area (Å²) in [6.07, 6.45) is 1.56. The number of nitrogens with zero attached hydrogens (tertiary/aromatic N) is 1. The average molecular weight is 411 g/mol. The van der Waals surface area contributed by atoms with Crippen LogP contribution in [0.3, 0.4) is 0 Å². The Hall–Kier alpha value is -2.39. The minimum atomic E-state index is -0.597. The molecular formula is C17H19ClN4O4S. The summed E-state index contributed by atoms with van der Waals surface area (Å²) in [6, 6.07) is 6.52. The molecule has 1 aromatic rings. The molecule has 0 bridgehead atoms. The average Bonchev–Trinajstić information content (AvgIpc) is 3.24. The monoisotopic (exact) mass is 410 g/mol. The van der Waals surface area contributed by atoms with E-state index in [1.165, 1.54) is 16.7 Å². The van der Waals surface area contributed by atoms with Crippen LogP contribution in [0.15, 0.2) is 35.2 Å². The predicted molar refractivity (Wildman–Crippen MR) is 103 cm³/mol. The highest BCUT2D eigenvalue weighted by atomic mass is 35.5. The van der Waals surface area contributed by atoms with E-state index in [9.17, 15) is 14.4 Å². The number of amides is 4. The summed E-state index contributed by atoms with van der Waals surface area (Å²) < 4.78 is 5.21. The van der Waals surface area contributed by atoms with Crippen LogP contribution in [0.1, 0.15) is 12.0 Å². The number of allylic oxidation sites excluding steroid dienone is 1. The Kier molecular flexibility index (Phi) is 6.12. The molecule has 1 saturated heterocycles. The van der Waals surface area contributed by atoms with E-state index < -0.39 is 18.2 Å². The second kappa shape index (κ2) is 8.53. The molecular weight excluding hydrogens is 392 g/mol. The molecule has 0 aliphatic carbocycles. The number of urea groups is 1. The number of hydrogen-bond acceptors (Lipinski definition) is 5. The van der Waals surface area contributed by atoms with E-state index in [1.54, 1.807) is 30.3 Å². The van der Waals surface area contributed by atoms with Gasteiger partial charge in [-0.1, -0.05) is 18.2 Å². The number of anilines is 1. The topological polar surface area (TPSA) is 114 Å². The Morgan fingerprint density at radius 2 is 2.04 bits per heavy atom. The third-order valence-corrected chi connectivity index (χ3v) is 5.55. The van der Waals surface area contributed by atoms with Crippen molar-refractivity contribution in [2.45, 2.75) is 23.8 Å². The lowest BCUT2D eigenvalue weighted by molar-refractivity contribution is -0.117. The van der Waals surface area contributed by atoms with Crippen molar-refractivity contribution >= 4 is 47.1 Å². The summed E-state index contributed by atoms with van der Waals surface area (Å²) in [5.74, 6) is -0.205. The summed E-state index contributed by atoms with van der Waals surface area (Å²) >= 11 is 7.28. The summed E-state index contributed by atoms with van der Waals surface area (Å²) in [6.45, 7) is 0.876. The molecule has 2 aliphatic rings. The zero-order chi connectivity index (χ0) is 19.4. The van der Waals surface area contributed by atoms with Crippen LogP contribution in [0.4, 0.5) is 15.3 Å². The normalized spacial score (nSPS) is 21.6. The van der Waals surface area contributed by atoms with E-state index in [-0.39, 0.29) is 17.2 Å². The third-order valence-electron chi connectivity index (χ3n) is 4.05. The Balaban J connectivity index is 1.51. The first-order valence-corrected chi connectivity index (χ1v) is 9.63. The Labute approximate surface area is 165 Å². The molecule has 2 aliphatic heterocycles. The molecule has 27 heavy (non-hydrogen) atoms. The van der Waals surface area contributed by atoms with Gasteiger partial charge in [0.15, 0.2) is 0 Å². The van der Waals surface area contributed by atoms with Gasteiger partial charge < -0.3 is 21.1 Å². The second-order valence-corrected chi connectivity index (χ2v) is 8.07. The summed E-state index contributed by atoms with van der Waals surface area (Å²) in [5, 5.41) is 5.27. The Morgan fingerprint density at radius 1 is 1.30 bits per heavy atom. The number of nitrogens with two attached hydrogens (primary N) is 1. The molecule has 4 amide bonds. The van der Waals surface area contributed by atoms with E-state index in [4.69, 9.17) is 22.1 Å². The van der Waals surface area contributed by atoms with Crippen LogP contribution in [-0.2, 0) is 16.1 Å². The van der Waals surface area contributed by atoms with E-state index >= 15 is 0 Å². The lowest BCUT2D eigenvalue weighted by Gasteiger charge is -2.14. The van der Waals surface area contributed by atoms with Gasteiger partial charge >= 0.3 is 12.1 Å². The molecule has 0 radical (unpaired) electrons. The number of thioether (sulfide) groups is 1. The smallest absolute Gasteiger partial charge is 0.414 e. The van der Waals surface area contributed by atoms with Gasteiger partial charge in [-0.05, 0) is 24.1 Å². The molecule has 1 fully saturated rings. The standard InChI is InChI=1S/C17H19ClN4O4S/c18-14-6-5-13(27-14)15(23)20-8-12-9-22(17(25)26-12)11-3-1-10(2-4-11)7-21-16(19)24/h1-5,12,14H,6-9H2,(H,20,23)(H3,19,21,24). The van der Waals surface area contributed by atoms with Gasteiger partial charge in [0.25, 0.3) is 5.91 Å². The van der Waals surface area contributed by atoms with Gasteiger partial charge in [0.05, 0.1) is 22.7 Å². The minimum Gasteiger partial charge on any atom is -0.442 e. The van der Waals surface area contributed by atoms with E-state index in [0.29, 0.717) is 30.1 Å². The molecule has 3 rings (SSSR count). The number of benzene rings is 1. The van der Waals surface area contributed by atoms with Crippen molar-refractivity contribution in [2.24, 2.45) is 5.73 Å². The number of cyclic esters (lactones) is 1. The third kappa shape index (κ3) is 5.08. The lowest BCUT2D eigenvalue weighted by atomic mass is 10.2. The van der Waals surface area contributed by atoms with Gasteiger partial charge in [-0.2, -0.15) is 0 Å². The number of carbonyl (C=O) groups excluding carboxylic acids is 3. The molecule has 0 aromatic heterocycles. The molecule has 1 aromatic carbocycles. The molecule has 4 N–H and O–H groups in total. The maximum atomic E-state index is 12.1. The first-order chi connectivity index (χ1) is 12.9. The van der Waals surface area contributed by atoms with Crippen LogP contribution in [0, 0.1) is 0 Å². The highest BCUT2D eigenvalue weighted by Gasteiger charge is 2.33. The Bertz CT molecular complexity index is 771. The fourth-order valence-corrected chi connectivity index (χ4v) is 3.91. The van der Waals surface area contributed by atoms with E-state index in [0.717, 1.165) is 5.56 Å². The minimum absolute atomic E-state index is 0.105. The van der Waals surface area contributed by atoms with Crippen molar-refractivity contribution in [3.63, 3.8) is 0 Å². The van der Waals surface area contributed by atoms with Crippen molar-refractivity contribution in [2.75, 3.05) is 18.0 Å². The van der Waals surface area contributed by atoms with Crippen LogP contribution >= 0.6 is 23.4 Å². The van der Waals surface area contributed by atoms with E-state index in [2.05, 4.69) is 10.6 Å². The second-order valence-electron chi connectivity index (χ2n) is 6.04. The van der Waals surface area contributed by atoms with Gasteiger partial charge in [-0.15, -0.1) is 23.4 Å². The molecule has 2 heterocycles. The SMILES string of the molecule is NC(=O)NCc1ccc(N2CC(CNC(=O)C3=CCC(Cl)S3)OC2=O)cc1. The molecule has 2 unspecified atom stereocenters. The fourth-order valence-electron chi connectivity index (χ4n) is 2.70. The number of nitrogens with one attached hydrogen (secondary N) is 2. The first-order valence-electron chi connectivity index (χ1n) is 8.32.